The van der Waals surface area contributed by atoms with Gasteiger partial charge in [-0.15, -0.1) is 0 Å². The van der Waals surface area contributed by atoms with E-state index in [9.17, 15) is 9.59 Å². The highest BCUT2D eigenvalue weighted by molar-refractivity contribution is 6.35. The minimum absolute atomic E-state index is 0. The van der Waals surface area contributed by atoms with Crippen LogP contribution in [0.25, 0.3) is 0 Å². The SMILES string of the molecule is CC(=O)C(C)=O.[Cl-]. The number of hydrogen-bond donors (Lipinski definition) is 0. The first-order valence-corrected chi connectivity index (χ1v) is 1.66. The standard InChI is InChI=1S/C4H6O2.ClH/c1-3(5)4(2)6;/h1-2H3;1H/p-1. The average Bonchev–Trinajstić information content (AvgIpc) is 1.36. The summed E-state index contributed by atoms with van der Waals surface area (Å²) in [7, 11) is 0. The summed E-state index contributed by atoms with van der Waals surface area (Å²) in [6, 6.07) is 0. The summed E-state index contributed by atoms with van der Waals surface area (Å²) in [6.45, 7) is 2.50. The second kappa shape index (κ2) is 3.81. The fourth-order valence-corrected chi connectivity index (χ4v) is 0. The lowest BCUT2D eigenvalue weighted by Crippen LogP contribution is -3.00. The number of halogens is 1. The van der Waals surface area contributed by atoms with Crippen LogP contribution in [0.2, 0.25) is 0 Å². The van der Waals surface area contributed by atoms with E-state index >= 15 is 0 Å². The van der Waals surface area contributed by atoms with Crippen LogP contribution in [0.1, 0.15) is 13.8 Å². The Labute approximate surface area is 48.3 Å². The molecule has 0 atom stereocenters. The zero-order valence-corrected chi connectivity index (χ0v) is 4.95. The molecule has 0 N–H and O–H groups in total. The van der Waals surface area contributed by atoms with Crippen molar-refractivity contribution < 1.29 is 22.0 Å². The molecule has 0 bridgehead atoms. The predicted molar refractivity (Wildman–Crippen MR) is 21.4 cm³/mol. The summed E-state index contributed by atoms with van der Waals surface area (Å²) >= 11 is 0. The molecule has 0 amide bonds. The minimum Gasteiger partial charge on any atom is -1.00 e. The molecule has 0 heterocycles. The van der Waals surface area contributed by atoms with Crippen LogP contribution < -0.4 is 12.4 Å². The fraction of sp³-hybridized carbons (Fsp3) is 0.500. The third kappa shape index (κ3) is 5.63. The van der Waals surface area contributed by atoms with Crippen LogP contribution in [0.4, 0.5) is 0 Å². The minimum atomic E-state index is -0.380. The van der Waals surface area contributed by atoms with Gasteiger partial charge < -0.3 is 12.4 Å². The van der Waals surface area contributed by atoms with E-state index < -0.39 is 0 Å². The summed E-state index contributed by atoms with van der Waals surface area (Å²) in [6.07, 6.45) is 0. The molecule has 0 spiro atoms. The molecular weight excluding hydrogens is 115 g/mol. The van der Waals surface area contributed by atoms with Crippen LogP contribution in [0.15, 0.2) is 0 Å². The van der Waals surface area contributed by atoms with Crippen molar-refractivity contribution in [3.63, 3.8) is 0 Å². The zero-order chi connectivity index (χ0) is 5.15. The van der Waals surface area contributed by atoms with Gasteiger partial charge in [0.05, 0.1) is 0 Å². The third-order valence-corrected chi connectivity index (χ3v) is 0.496. The molecule has 0 radical (unpaired) electrons. The lowest BCUT2D eigenvalue weighted by atomic mass is 10.3. The smallest absolute Gasteiger partial charge is 0.195 e. The van der Waals surface area contributed by atoms with Crippen LogP contribution >= 0.6 is 0 Å². The fourth-order valence-electron chi connectivity index (χ4n) is 0. The molecule has 0 aromatic rings. The second-order valence-electron chi connectivity index (χ2n) is 1.11. The van der Waals surface area contributed by atoms with Crippen molar-refractivity contribution in [2.24, 2.45) is 0 Å². The summed E-state index contributed by atoms with van der Waals surface area (Å²) in [5, 5.41) is 0. The molecule has 2 nitrogen and oxygen atoms in total. The molecule has 0 fully saturated rings. The molecule has 3 heteroatoms. The van der Waals surface area contributed by atoms with Gasteiger partial charge >= 0.3 is 0 Å². The highest BCUT2D eigenvalue weighted by Crippen LogP contribution is 1.66. The molecule has 0 aliphatic rings. The summed E-state index contributed by atoms with van der Waals surface area (Å²) in [5.74, 6) is -0.759. The topological polar surface area (TPSA) is 34.1 Å². The number of Topliss-reactive ketones (excluding diaryl/α,β-unsaturated/α-hetero) is 2. The van der Waals surface area contributed by atoms with Gasteiger partial charge in [-0.3, -0.25) is 9.59 Å². The quantitative estimate of drug-likeness (QED) is 0.351. The first kappa shape index (κ1) is 9.80. The van der Waals surface area contributed by atoms with Crippen LogP contribution in [-0.2, 0) is 9.59 Å². The predicted octanol–water partition coefficient (Wildman–Crippen LogP) is -2.83. The van der Waals surface area contributed by atoms with Crippen LogP contribution in [0, 0.1) is 0 Å². The normalized spacial score (nSPS) is 6.57. The Hall–Kier alpha value is -0.370. The molecule has 0 aromatic heterocycles. The molecule has 0 rings (SSSR count). The van der Waals surface area contributed by atoms with E-state index in [1.807, 2.05) is 0 Å². The Morgan fingerprint density at radius 3 is 1.14 bits per heavy atom. The van der Waals surface area contributed by atoms with Crippen LogP contribution in [0.5, 0.6) is 0 Å². The molecule has 7 heavy (non-hydrogen) atoms. The van der Waals surface area contributed by atoms with Crippen LogP contribution in [-0.4, -0.2) is 11.6 Å². The molecule has 0 aliphatic heterocycles. The van der Waals surface area contributed by atoms with Gasteiger partial charge in [-0.25, -0.2) is 0 Å². The number of hydrogen-bond acceptors (Lipinski definition) is 2. The molecule has 0 aromatic carbocycles. The van der Waals surface area contributed by atoms with Crippen molar-refractivity contribution in [1.82, 2.24) is 0 Å². The van der Waals surface area contributed by atoms with Crippen molar-refractivity contribution in [3.8, 4) is 0 Å². The Balaban J connectivity index is 0. The van der Waals surface area contributed by atoms with E-state index in [1.54, 1.807) is 0 Å². The van der Waals surface area contributed by atoms with Crippen molar-refractivity contribution >= 4 is 11.6 Å². The van der Waals surface area contributed by atoms with Gasteiger partial charge in [-0.1, -0.05) is 0 Å². The lowest BCUT2D eigenvalue weighted by Gasteiger charge is -1.73. The van der Waals surface area contributed by atoms with Gasteiger partial charge in [0.1, 0.15) is 0 Å². The van der Waals surface area contributed by atoms with E-state index in [-0.39, 0.29) is 24.0 Å². The van der Waals surface area contributed by atoms with Gasteiger partial charge in [-0.05, 0) is 0 Å². The summed E-state index contributed by atoms with van der Waals surface area (Å²) in [5.41, 5.74) is 0. The van der Waals surface area contributed by atoms with E-state index in [2.05, 4.69) is 0 Å². The van der Waals surface area contributed by atoms with Gasteiger partial charge in [0, 0.05) is 13.8 Å². The van der Waals surface area contributed by atoms with Crippen LogP contribution in [0.3, 0.4) is 0 Å². The Morgan fingerprint density at radius 2 is 1.14 bits per heavy atom. The largest absolute Gasteiger partial charge is 1.00 e. The molecular formula is C4H6ClO2-. The van der Waals surface area contributed by atoms with E-state index in [4.69, 9.17) is 0 Å². The average molecular weight is 122 g/mol. The zero-order valence-electron chi connectivity index (χ0n) is 4.19. The number of carbonyl (C=O) groups is 2. The van der Waals surface area contributed by atoms with Gasteiger partial charge in [0.15, 0.2) is 11.6 Å². The number of carbonyl (C=O) groups excluding carboxylic acids is 2. The molecule has 0 saturated heterocycles. The Morgan fingerprint density at radius 1 is 1.00 bits per heavy atom. The molecule has 0 saturated carbocycles. The number of rotatable bonds is 1. The van der Waals surface area contributed by atoms with E-state index in [0.29, 0.717) is 0 Å². The van der Waals surface area contributed by atoms with E-state index in [0.717, 1.165) is 0 Å². The second-order valence-corrected chi connectivity index (χ2v) is 1.11. The first-order valence-electron chi connectivity index (χ1n) is 1.66. The van der Waals surface area contributed by atoms with Crippen molar-refractivity contribution in [2.45, 2.75) is 13.8 Å². The van der Waals surface area contributed by atoms with Gasteiger partial charge in [0.2, 0.25) is 0 Å². The maximum Gasteiger partial charge on any atom is 0.195 e. The van der Waals surface area contributed by atoms with Gasteiger partial charge in [0.25, 0.3) is 0 Å². The van der Waals surface area contributed by atoms with Crippen molar-refractivity contribution in [3.05, 3.63) is 0 Å². The molecule has 42 valence electrons. The molecule has 0 aliphatic carbocycles. The maximum atomic E-state index is 9.79. The monoisotopic (exact) mass is 121 g/mol. The highest BCUT2D eigenvalue weighted by Gasteiger charge is 1.94. The third-order valence-electron chi connectivity index (χ3n) is 0.496. The maximum absolute atomic E-state index is 9.79. The first-order chi connectivity index (χ1) is 2.64. The summed E-state index contributed by atoms with van der Waals surface area (Å²) in [4.78, 5) is 19.6. The van der Waals surface area contributed by atoms with Crippen molar-refractivity contribution in [1.29, 1.82) is 0 Å². The summed E-state index contributed by atoms with van der Waals surface area (Å²) < 4.78 is 0. The molecule has 0 unspecified atom stereocenters. The highest BCUT2D eigenvalue weighted by atomic mass is 35.5. The Bertz CT molecular complexity index is 75.7. The Kier molecular flexibility index (Phi) is 5.33. The van der Waals surface area contributed by atoms with Gasteiger partial charge in [-0.2, -0.15) is 0 Å². The van der Waals surface area contributed by atoms with E-state index in [1.165, 1.54) is 13.8 Å². The number of ketones is 2. The lowest BCUT2D eigenvalue weighted by molar-refractivity contribution is -0.134. The van der Waals surface area contributed by atoms with Crippen molar-refractivity contribution in [2.75, 3.05) is 0 Å².